The molecule has 0 aliphatic carbocycles. The van der Waals surface area contributed by atoms with Crippen molar-refractivity contribution < 1.29 is 9.59 Å². The molecular weight excluding hydrogens is 326 g/mol. The quantitative estimate of drug-likeness (QED) is 0.704. The van der Waals surface area contributed by atoms with Crippen LogP contribution < -0.4 is 5.32 Å². The van der Waals surface area contributed by atoms with Crippen LogP contribution in [-0.4, -0.2) is 21.5 Å². The minimum Gasteiger partial charge on any atom is -0.322 e. The van der Waals surface area contributed by atoms with Crippen LogP contribution in [0.4, 0.5) is 5.69 Å². The van der Waals surface area contributed by atoms with Gasteiger partial charge in [0.1, 0.15) is 0 Å². The SMILES string of the molecule is CCc1c(C(=O)Nc2ccc(C(C)=O)cc2)cnn1-c1ccc(C)cc1. The van der Waals surface area contributed by atoms with Crippen LogP contribution >= 0.6 is 0 Å². The van der Waals surface area contributed by atoms with Crippen LogP contribution in [0.1, 0.15) is 45.8 Å². The zero-order valence-electron chi connectivity index (χ0n) is 15.1. The van der Waals surface area contributed by atoms with Crippen LogP contribution in [0.15, 0.2) is 54.7 Å². The molecule has 0 saturated carbocycles. The predicted octanol–water partition coefficient (Wildman–Crippen LogP) is 4.20. The molecule has 0 atom stereocenters. The zero-order chi connectivity index (χ0) is 18.7. The first-order valence-corrected chi connectivity index (χ1v) is 8.56. The third-order valence-corrected chi connectivity index (χ3v) is 4.28. The van der Waals surface area contributed by atoms with E-state index in [9.17, 15) is 9.59 Å². The lowest BCUT2D eigenvalue weighted by molar-refractivity contribution is 0.101. The summed E-state index contributed by atoms with van der Waals surface area (Å²) >= 11 is 0. The van der Waals surface area contributed by atoms with Crippen molar-refractivity contribution >= 4 is 17.4 Å². The van der Waals surface area contributed by atoms with Gasteiger partial charge >= 0.3 is 0 Å². The molecule has 0 saturated heterocycles. The molecule has 2 aromatic carbocycles. The highest BCUT2D eigenvalue weighted by atomic mass is 16.1. The number of aromatic nitrogens is 2. The second-order valence-electron chi connectivity index (χ2n) is 6.19. The van der Waals surface area contributed by atoms with E-state index in [1.165, 1.54) is 12.5 Å². The summed E-state index contributed by atoms with van der Waals surface area (Å²) in [5.74, 6) is -0.216. The van der Waals surface area contributed by atoms with Crippen LogP contribution in [0, 0.1) is 6.92 Å². The number of amides is 1. The maximum atomic E-state index is 12.7. The Kier molecular flexibility index (Phi) is 4.98. The molecule has 1 aromatic heterocycles. The minimum absolute atomic E-state index is 0.00415. The number of carbonyl (C=O) groups is 2. The van der Waals surface area contributed by atoms with Crippen molar-refractivity contribution in [1.29, 1.82) is 0 Å². The van der Waals surface area contributed by atoms with Gasteiger partial charge in [0.25, 0.3) is 5.91 Å². The number of hydrogen-bond acceptors (Lipinski definition) is 3. The molecule has 5 heteroatoms. The van der Waals surface area contributed by atoms with Gasteiger partial charge in [0.05, 0.1) is 23.1 Å². The summed E-state index contributed by atoms with van der Waals surface area (Å²) in [7, 11) is 0. The van der Waals surface area contributed by atoms with Crippen molar-refractivity contribution in [3.8, 4) is 5.69 Å². The first-order chi connectivity index (χ1) is 12.5. The lowest BCUT2D eigenvalue weighted by Gasteiger charge is -2.09. The van der Waals surface area contributed by atoms with Gasteiger partial charge in [-0.2, -0.15) is 5.10 Å². The van der Waals surface area contributed by atoms with E-state index < -0.39 is 0 Å². The van der Waals surface area contributed by atoms with E-state index in [1.807, 2.05) is 38.1 Å². The zero-order valence-corrected chi connectivity index (χ0v) is 15.1. The van der Waals surface area contributed by atoms with Crippen LogP contribution in [0.5, 0.6) is 0 Å². The Morgan fingerprint density at radius 2 is 1.69 bits per heavy atom. The molecule has 3 rings (SSSR count). The molecule has 0 aliphatic heterocycles. The molecule has 0 radical (unpaired) electrons. The molecule has 0 spiro atoms. The van der Waals surface area contributed by atoms with E-state index in [0.29, 0.717) is 23.2 Å². The Bertz CT molecular complexity index is 938. The number of ketones is 1. The number of nitrogens with one attached hydrogen (secondary N) is 1. The smallest absolute Gasteiger partial charge is 0.259 e. The molecule has 5 nitrogen and oxygen atoms in total. The van der Waals surface area contributed by atoms with Gasteiger partial charge in [0, 0.05) is 11.3 Å². The van der Waals surface area contributed by atoms with Crippen LogP contribution in [-0.2, 0) is 6.42 Å². The molecule has 3 aromatic rings. The van der Waals surface area contributed by atoms with Crippen molar-refractivity contribution in [1.82, 2.24) is 9.78 Å². The van der Waals surface area contributed by atoms with E-state index in [-0.39, 0.29) is 11.7 Å². The molecule has 0 bridgehead atoms. The van der Waals surface area contributed by atoms with Crippen LogP contribution in [0.2, 0.25) is 0 Å². The van der Waals surface area contributed by atoms with E-state index in [0.717, 1.165) is 11.4 Å². The first kappa shape index (κ1) is 17.6. The average molecular weight is 347 g/mol. The maximum Gasteiger partial charge on any atom is 0.259 e. The van der Waals surface area contributed by atoms with Crippen molar-refractivity contribution in [3.05, 3.63) is 77.1 Å². The van der Waals surface area contributed by atoms with Gasteiger partial charge in [-0.15, -0.1) is 0 Å². The van der Waals surface area contributed by atoms with Crippen LogP contribution in [0.25, 0.3) is 5.69 Å². The number of hydrogen-bond donors (Lipinski definition) is 1. The third-order valence-electron chi connectivity index (χ3n) is 4.28. The van der Waals surface area contributed by atoms with Crippen LogP contribution in [0.3, 0.4) is 0 Å². The number of aryl methyl sites for hydroxylation is 1. The lowest BCUT2D eigenvalue weighted by atomic mass is 10.1. The van der Waals surface area contributed by atoms with Gasteiger partial charge in [-0.1, -0.05) is 24.6 Å². The van der Waals surface area contributed by atoms with E-state index in [4.69, 9.17) is 0 Å². The number of rotatable bonds is 5. The van der Waals surface area contributed by atoms with Gasteiger partial charge < -0.3 is 5.32 Å². The Hall–Kier alpha value is -3.21. The van der Waals surface area contributed by atoms with Crippen molar-refractivity contribution in [2.75, 3.05) is 5.32 Å². The minimum atomic E-state index is -0.212. The highest BCUT2D eigenvalue weighted by molar-refractivity contribution is 6.05. The fourth-order valence-corrected chi connectivity index (χ4v) is 2.80. The van der Waals surface area contributed by atoms with E-state index in [2.05, 4.69) is 10.4 Å². The molecule has 0 fully saturated rings. The summed E-state index contributed by atoms with van der Waals surface area (Å²) in [6.45, 7) is 5.55. The molecule has 1 amide bonds. The topological polar surface area (TPSA) is 64.0 Å². The highest BCUT2D eigenvalue weighted by Gasteiger charge is 2.17. The Labute approximate surface area is 152 Å². The number of anilines is 1. The van der Waals surface area contributed by atoms with Gasteiger partial charge in [-0.25, -0.2) is 4.68 Å². The Morgan fingerprint density at radius 1 is 1.04 bits per heavy atom. The largest absolute Gasteiger partial charge is 0.322 e. The fraction of sp³-hybridized carbons (Fsp3) is 0.190. The predicted molar refractivity (Wildman–Crippen MR) is 102 cm³/mol. The standard InChI is InChI=1S/C21H21N3O2/c1-4-20-19(13-22-24(20)18-11-5-14(2)6-12-18)21(26)23-17-9-7-16(8-10-17)15(3)25/h5-13H,4H2,1-3H3,(H,23,26). The summed E-state index contributed by atoms with van der Waals surface area (Å²) in [4.78, 5) is 24.0. The van der Waals surface area contributed by atoms with E-state index in [1.54, 1.807) is 35.1 Å². The van der Waals surface area contributed by atoms with Gasteiger partial charge in [-0.3, -0.25) is 9.59 Å². The summed E-state index contributed by atoms with van der Waals surface area (Å²) in [6.07, 6.45) is 2.28. The second kappa shape index (κ2) is 7.35. The maximum absolute atomic E-state index is 12.7. The molecule has 132 valence electrons. The molecule has 1 N–H and O–H groups in total. The monoisotopic (exact) mass is 347 g/mol. The van der Waals surface area contributed by atoms with Crippen molar-refractivity contribution in [2.45, 2.75) is 27.2 Å². The van der Waals surface area contributed by atoms with Gasteiger partial charge in [0.15, 0.2) is 5.78 Å². The third kappa shape index (κ3) is 3.57. The number of benzene rings is 2. The lowest BCUT2D eigenvalue weighted by Crippen LogP contribution is -2.14. The Balaban J connectivity index is 1.85. The summed E-state index contributed by atoms with van der Waals surface area (Å²) < 4.78 is 1.80. The number of carbonyl (C=O) groups excluding carboxylic acids is 2. The second-order valence-corrected chi connectivity index (χ2v) is 6.19. The van der Waals surface area contributed by atoms with Gasteiger partial charge in [0.2, 0.25) is 0 Å². The summed E-state index contributed by atoms with van der Waals surface area (Å²) in [5.41, 5.74) is 4.76. The normalized spacial score (nSPS) is 10.6. The average Bonchev–Trinajstić information content (AvgIpc) is 3.07. The Morgan fingerprint density at radius 3 is 2.27 bits per heavy atom. The highest BCUT2D eigenvalue weighted by Crippen LogP contribution is 2.18. The van der Waals surface area contributed by atoms with E-state index >= 15 is 0 Å². The summed E-state index contributed by atoms with van der Waals surface area (Å²) in [5, 5.41) is 7.27. The summed E-state index contributed by atoms with van der Waals surface area (Å²) in [6, 6.07) is 14.9. The van der Waals surface area contributed by atoms with Crippen molar-refractivity contribution in [3.63, 3.8) is 0 Å². The molecule has 0 unspecified atom stereocenters. The molecule has 26 heavy (non-hydrogen) atoms. The molecule has 1 heterocycles. The fourth-order valence-electron chi connectivity index (χ4n) is 2.80. The molecular formula is C21H21N3O2. The number of Topliss-reactive ketones (excluding diaryl/α,β-unsaturated/α-hetero) is 1. The first-order valence-electron chi connectivity index (χ1n) is 8.56. The molecule has 0 aliphatic rings. The number of nitrogens with zero attached hydrogens (tertiary/aromatic N) is 2. The van der Waals surface area contributed by atoms with Crippen molar-refractivity contribution in [2.24, 2.45) is 0 Å². The van der Waals surface area contributed by atoms with Gasteiger partial charge in [-0.05, 0) is 56.7 Å².